The predicted octanol–water partition coefficient (Wildman–Crippen LogP) is 2.23. The Morgan fingerprint density at radius 2 is 2.00 bits per heavy atom. The number of nitrogens with zero attached hydrogens (tertiary/aromatic N) is 3. The van der Waals surface area contributed by atoms with Crippen molar-refractivity contribution in [1.29, 1.82) is 0 Å². The average Bonchev–Trinajstić information content (AvgIpc) is 3.23. The van der Waals surface area contributed by atoms with Crippen LogP contribution in [0.25, 0.3) is 0 Å². The highest BCUT2D eigenvalue weighted by molar-refractivity contribution is 7.89. The van der Waals surface area contributed by atoms with Crippen LogP contribution in [0.1, 0.15) is 29.0 Å². The molecule has 0 amide bonds. The third-order valence-corrected chi connectivity index (χ3v) is 8.42. The number of rotatable bonds is 8. The zero-order valence-electron chi connectivity index (χ0n) is 18.7. The number of ether oxygens (including phenoxy) is 1. The molecule has 0 bridgehead atoms. The van der Waals surface area contributed by atoms with Crippen molar-refractivity contribution >= 4 is 16.4 Å². The van der Waals surface area contributed by atoms with E-state index in [4.69, 9.17) is 10.5 Å². The van der Waals surface area contributed by atoms with Crippen LogP contribution in [0, 0.1) is 0 Å². The third-order valence-electron chi connectivity index (χ3n) is 6.41. The molecule has 0 aromatic heterocycles. The molecule has 3 atom stereocenters. The average molecular weight is 457 g/mol. The fourth-order valence-electron chi connectivity index (χ4n) is 4.45. The quantitative estimate of drug-likeness (QED) is 0.658. The maximum Gasteiger partial charge on any atom is 0.239 e. The molecule has 2 aromatic carbocycles. The minimum absolute atomic E-state index is 0.110. The molecule has 8 heteroatoms. The Hall–Kier alpha value is -2.42. The maximum absolute atomic E-state index is 12.7. The molecular weight excluding hydrogens is 424 g/mol. The molecule has 7 nitrogen and oxygen atoms in total. The zero-order valence-corrected chi connectivity index (χ0v) is 19.5. The third kappa shape index (κ3) is 4.98. The van der Waals surface area contributed by atoms with Crippen LogP contribution in [0.4, 0.5) is 0 Å². The lowest BCUT2D eigenvalue weighted by Crippen LogP contribution is -2.39. The van der Waals surface area contributed by atoms with Crippen molar-refractivity contribution in [2.45, 2.75) is 36.6 Å². The van der Waals surface area contributed by atoms with Crippen LogP contribution in [-0.2, 0) is 22.9 Å². The van der Waals surface area contributed by atoms with Gasteiger partial charge in [-0.2, -0.15) is 4.31 Å². The Bertz CT molecular complexity index is 1060. The monoisotopic (exact) mass is 456 g/mol. The van der Waals surface area contributed by atoms with Gasteiger partial charge in [-0.15, -0.1) is 0 Å². The summed E-state index contributed by atoms with van der Waals surface area (Å²) in [6.45, 7) is 0.916. The van der Waals surface area contributed by atoms with Gasteiger partial charge in [0, 0.05) is 32.6 Å². The van der Waals surface area contributed by atoms with E-state index in [1.165, 1.54) is 21.0 Å². The van der Waals surface area contributed by atoms with E-state index in [9.17, 15) is 8.42 Å². The van der Waals surface area contributed by atoms with Gasteiger partial charge in [0.05, 0.1) is 12.9 Å². The van der Waals surface area contributed by atoms with Crippen LogP contribution in [0.5, 0.6) is 5.75 Å². The van der Waals surface area contributed by atoms with Gasteiger partial charge in [-0.1, -0.05) is 36.4 Å². The van der Waals surface area contributed by atoms with Gasteiger partial charge in [0.15, 0.2) is 5.37 Å². The standard InChI is InChI=1S/C24H32N4O3S/c1-27-16-24(26-17-27)32(29,30)28(2)12-13-31-20-10-8-19-9-11-23(25)22(21(19)15-20)14-18-6-4-3-5-7-18/h3-8,10,15,17,22-24H,9,11-14,16,25H2,1-2H3. The van der Waals surface area contributed by atoms with Crippen LogP contribution in [0.2, 0.25) is 0 Å². The van der Waals surface area contributed by atoms with Crippen LogP contribution in [0.3, 0.4) is 0 Å². The van der Waals surface area contributed by atoms with Gasteiger partial charge in [-0.05, 0) is 48.1 Å². The van der Waals surface area contributed by atoms with Gasteiger partial charge < -0.3 is 15.4 Å². The summed E-state index contributed by atoms with van der Waals surface area (Å²) in [5.74, 6) is 0.991. The molecule has 1 heterocycles. The van der Waals surface area contributed by atoms with E-state index in [1.54, 1.807) is 18.3 Å². The Morgan fingerprint density at radius 1 is 1.22 bits per heavy atom. The molecule has 3 unspecified atom stereocenters. The topological polar surface area (TPSA) is 88.2 Å². The molecule has 2 aromatic rings. The minimum Gasteiger partial charge on any atom is -0.492 e. The van der Waals surface area contributed by atoms with E-state index in [0.29, 0.717) is 6.54 Å². The number of fused-ring (bicyclic) bond motifs is 1. The summed E-state index contributed by atoms with van der Waals surface area (Å²) in [5.41, 5.74) is 10.4. The van der Waals surface area contributed by atoms with Gasteiger partial charge in [0.25, 0.3) is 0 Å². The summed E-state index contributed by atoms with van der Waals surface area (Å²) in [7, 11) is -0.102. The summed E-state index contributed by atoms with van der Waals surface area (Å²) in [5, 5.41) is -0.749. The summed E-state index contributed by atoms with van der Waals surface area (Å²) in [6, 6.07) is 16.7. The zero-order chi connectivity index (χ0) is 22.7. The van der Waals surface area contributed by atoms with Gasteiger partial charge in [0.2, 0.25) is 10.0 Å². The molecule has 0 saturated heterocycles. The fraction of sp³-hybridized carbons (Fsp3) is 0.458. The normalized spacial score (nSPS) is 22.9. The second kappa shape index (κ2) is 9.60. The Morgan fingerprint density at radius 3 is 2.72 bits per heavy atom. The second-order valence-corrected chi connectivity index (χ2v) is 10.9. The smallest absolute Gasteiger partial charge is 0.239 e. The number of aryl methyl sites for hydroxylation is 1. The highest BCUT2D eigenvalue weighted by Crippen LogP contribution is 2.35. The summed E-state index contributed by atoms with van der Waals surface area (Å²) < 4.78 is 32.7. The first-order chi connectivity index (χ1) is 15.3. The van der Waals surface area contributed by atoms with Crippen LogP contribution in [-0.4, -0.2) is 69.2 Å². The van der Waals surface area contributed by atoms with Crippen molar-refractivity contribution in [3.8, 4) is 5.75 Å². The molecular formula is C24H32N4O3S. The number of benzene rings is 2. The van der Waals surface area contributed by atoms with Crippen LogP contribution < -0.4 is 10.5 Å². The lowest BCUT2D eigenvalue weighted by Gasteiger charge is -2.32. The molecule has 0 spiro atoms. The Labute approximate surface area is 190 Å². The SMILES string of the molecule is CN1C=NC(S(=O)(=O)N(C)CCOc2ccc3c(c2)C(Cc2ccccc2)C(N)CC3)C1. The van der Waals surface area contributed by atoms with E-state index < -0.39 is 15.4 Å². The Balaban J connectivity index is 1.41. The summed E-state index contributed by atoms with van der Waals surface area (Å²) >= 11 is 0. The van der Waals surface area contributed by atoms with Crippen LogP contribution >= 0.6 is 0 Å². The molecule has 1 aliphatic heterocycles. The first kappa shape index (κ1) is 22.8. The van der Waals surface area contributed by atoms with Crippen molar-refractivity contribution in [2.75, 3.05) is 33.8 Å². The van der Waals surface area contributed by atoms with Gasteiger partial charge in [-0.25, -0.2) is 8.42 Å². The first-order valence-electron chi connectivity index (χ1n) is 11.1. The number of likely N-dealkylation sites (N-methyl/N-ethyl adjacent to an activating group) is 2. The van der Waals surface area contributed by atoms with Gasteiger partial charge in [0.1, 0.15) is 12.4 Å². The molecule has 2 N–H and O–H groups in total. The van der Waals surface area contributed by atoms with E-state index in [1.807, 2.05) is 19.2 Å². The molecule has 0 saturated carbocycles. The molecule has 172 valence electrons. The van der Waals surface area contributed by atoms with E-state index in [0.717, 1.165) is 25.0 Å². The summed E-state index contributed by atoms with van der Waals surface area (Å²) in [4.78, 5) is 5.87. The highest BCUT2D eigenvalue weighted by atomic mass is 32.2. The number of aliphatic imine (C=N–C) groups is 1. The van der Waals surface area contributed by atoms with Crippen molar-refractivity contribution in [2.24, 2.45) is 10.7 Å². The number of hydrogen-bond donors (Lipinski definition) is 1. The molecule has 0 radical (unpaired) electrons. The molecule has 2 aliphatic rings. The van der Waals surface area contributed by atoms with Crippen molar-refractivity contribution < 1.29 is 13.2 Å². The van der Waals surface area contributed by atoms with Crippen LogP contribution in [0.15, 0.2) is 53.5 Å². The lowest BCUT2D eigenvalue weighted by molar-refractivity contribution is 0.285. The van der Waals surface area contributed by atoms with Gasteiger partial charge in [-0.3, -0.25) is 4.99 Å². The summed E-state index contributed by atoms with van der Waals surface area (Å²) in [6.07, 6.45) is 4.41. The largest absolute Gasteiger partial charge is 0.492 e. The number of sulfonamides is 1. The molecule has 32 heavy (non-hydrogen) atoms. The molecule has 4 rings (SSSR count). The first-order valence-corrected chi connectivity index (χ1v) is 12.6. The molecule has 1 aliphatic carbocycles. The van der Waals surface area contributed by atoms with Crippen molar-refractivity contribution in [1.82, 2.24) is 9.21 Å². The van der Waals surface area contributed by atoms with E-state index in [2.05, 4.69) is 41.4 Å². The van der Waals surface area contributed by atoms with Gasteiger partial charge >= 0.3 is 0 Å². The second-order valence-electron chi connectivity index (χ2n) is 8.73. The van der Waals surface area contributed by atoms with E-state index in [-0.39, 0.29) is 25.1 Å². The maximum atomic E-state index is 12.7. The van der Waals surface area contributed by atoms with Crippen molar-refractivity contribution in [3.05, 3.63) is 65.2 Å². The Kier molecular flexibility index (Phi) is 6.83. The number of nitrogens with two attached hydrogens (primary N) is 1. The fourth-order valence-corrected chi connectivity index (χ4v) is 5.82. The lowest BCUT2D eigenvalue weighted by atomic mass is 9.76. The predicted molar refractivity (Wildman–Crippen MR) is 128 cm³/mol. The van der Waals surface area contributed by atoms with E-state index >= 15 is 0 Å². The number of hydrogen-bond acceptors (Lipinski definition) is 6. The minimum atomic E-state index is -3.49. The highest BCUT2D eigenvalue weighted by Gasteiger charge is 2.32. The van der Waals surface area contributed by atoms with Crippen molar-refractivity contribution in [3.63, 3.8) is 0 Å². The molecule has 0 fully saturated rings.